The highest BCUT2D eigenvalue weighted by molar-refractivity contribution is 5.82. The van der Waals surface area contributed by atoms with Gasteiger partial charge in [-0.25, -0.2) is 18.7 Å². The number of nitrogens with one attached hydrogen (secondary N) is 1. The smallest absolute Gasteiger partial charge is 0.307 e. The van der Waals surface area contributed by atoms with E-state index in [-0.39, 0.29) is 23.4 Å². The fourth-order valence-corrected chi connectivity index (χ4v) is 5.00. The Balaban J connectivity index is 0.000000216. The van der Waals surface area contributed by atoms with E-state index in [9.17, 15) is 28.8 Å². The molecule has 0 radical (unpaired) electrons. The molecule has 0 saturated carbocycles. The number of hydrogen-bond acceptors (Lipinski definition) is 6. The molecule has 4 aromatic rings. The number of nitrogens with zero attached hydrogens (tertiary/aromatic N) is 3. The van der Waals surface area contributed by atoms with Gasteiger partial charge in [-0.2, -0.15) is 0 Å². The van der Waals surface area contributed by atoms with Crippen molar-refractivity contribution in [3.8, 4) is 0 Å². The van der Waals surface area contributed by atoms with Crippen molar-refractivity contribution in [2.24, 2.45) is 18.9 Å². The van der Waals surface area contributed by atoms with E-state index in [1.54, 1.807) is 55.6 Å². The van der Waals surface area contributed by atoms with Crippen molar-refractivity contribution in [1.29, 1.82) is 0 Å². The molecule has 0 aliphatic rings. The summed E-state index contributed by atoms with van der Waals surface area (Å²) >= 11 is 0. The van der Waals surface area contributed by atoms with Crippen molar-refractivity contribution < 1.29 is 9.59 Å². The average Bonchev–Trinajstić information content (AvgIpc) is 2.87. The zero-order valence-electron chi connectivity index (χ0n) is 23.2. The lowest BCUT2D eigenvalue weighted by Crippen LogP contribution is -2.45. The van der Waals surface area contributed by atoms with Gasteiger partial charge in [0, 0.05) is 7.05 Å². The molecule has 2 atom stereocenters. The first-order valence-electron chi connectivity index (χ1n) is 12.7. The number of aryl methyl sites for hydroxylation is 1. The van der Waals surface area contributed by atoms with Crippen LogP contribution in [0.5, 0.6) is 0 Å². The highest BCUT2D eigenvalue weighted by atomic mass is 16.2. The molecule has 0 aliphatic carbocycles. The number of ketones is 2. The molecular formula is C29H34N4O6. The van der Waals surface area contributed by atoms with Crippen LogP contribution in [0, 0.1) is 11.8 Å². The summed E-state index contributed by atoms with van der Waals surface area (Å²) in [6.45, 7) is 10.1. The topological polar surface area (TPSA) is 133 Å². The maximum atomic E-state index is 12.5. The Kier molecular flexibility index (Phi) is 8.68. The Labute approximate surface area is 224 Å². The number of Topliss-reactive ketones (excluding diaryl/α,β-unsaturated/α-hetero) is 2. The monoisotopic (exact) mass is 534 g/mol. The van der Waals surface area contributed by atoms with Gasteiger partial charge in [-0.3, -0.25) is 23.7 Å². The van der Waals surface area contributed by atoms with Crippen LogP contribution >= 0.6 is 0 Å². The molecule has 2 aromatic carbocycles. The van der Waals surface area contributed by atoms with E-state index in [2.05, 4.69) is 4.98 Å². The van der Waals surface area contributed by atoms with Gasteiger partial charge in [0.05, 0.1) is 21.8 Å². The number of rotatable bonds is 6. The van der Waals surface area contributed by atoms with Crippen LogP contribution in [-0.2, 0) is 16.6 Å². The number of carbonyl (C=O) groups excluding carboxylic acids is 2. The standard InChI is InChI=1S/C15H18N2O3.C14H16N2O3/c1-9(2)13(10(3)18)17-14(19)11-7-5-6-8-12(11)16(4)15(17)20;1-8(2)12(9(3)17)16-13(18)10-6-4-5-7-11(10)15-14(16)19/h5-9,13H,1-4H3;4-8,12H,1-3H3,(H,15,19)/t13-;12-/m00/s1. The molecule has 0 amide bonds. The molecule has 4 rings (SSSR count). The SMILES string of the molecule is CC(=O)[C@H](C(C)C)n1c(=O)[nH]c2ccccc2c1=O.CC(=O)[C@H](C(C)C)n1c(=O)c2ccccc2n(C)c1=O. The van der Waals surface area contributed by atoms with Crippen LogP contribution in [-0.4, -0.2) is 30.3 Å². The minimum atomic E-state index is -0.735. The predicted molar refractivity (Wildman–Crippen MR) is 151 cm³/mol. The summed E-state index contributed by atoms with van der Waals surface area (Å²) in [5.41, 5.74) is -0.768. The Bertz CT molecular complexity index is 1790. The van der Waals surface area contributed by atoms with Crippen LogP contribution in [0.3, 0.4) is 0 Å². The quantitative estimate of drug-likeness (QED) is 0.404. The second-order valence-corrected chi connectivity index (χ2v) is 10.3. The van der Waals surface area contributed by atoms with Crippen molar-refractivity contribution in [1.82, 2.24) is 18.7 Å². The molecule has 2 aromatic heterocycles. The zero-order chi connectivity index (χ0) is 29.2. The Morgan fingerprint density at radius 3 is 1.69 bits per heavy atom. The van der Waals surface area contributed by atoms with Crippen LogP contribution in [0.1, 0.15) is 53.6 Å². The number of para-hydroxylation sites is 2. The van der Waals surface area contributed by atoms with Crippen LogP contribution in [0.15, 0.2) is 67.7 Å². The molecule has 0 unspecified atom stereocenters. The molecule has 0 aliphatic heterocycles. The van der Waals surface area contributed by atoms with Gasteiger partial charge in [-0.1, -0.05) is 52.0 Å². The fraction of sp³-hybridized carbons (Fsp3) is 0.379. The van der Waals surface area contributed by atoms with E-state index in [4.69, 9.17) is 0 Å². The van der Waals surface area contributed by atoms with E-state index in [1.165, 1.54) is 18.4 Å². The molecule has 39 heavy (non-hydrogen) atoms. The van der Waals surface area contributed by atoms with Gasteiger partial charge in [-0.15, -0.1) is 0 Å². The van der Waals surface area contributed by atoms with Gasteiger partial charge < -0.3 is 4.98 Å². The minimum absolute atomic E-state index is 0.126. The molecule has 0 saturated heterocycles. The minimum Gasteiger partial charge on any atom is -0.307 e. The lowest BCUT2D eigenvalue weighted by molar-refractivity contribution is -0.122. The number of aromatic nitrogens is 4. The third-order valence-electron chi connectivity index (χ3n) is 6.70. The van der Waals surface area contributed by atoms with E-state index in [0.717, 1.165) is 9.13 Å². The van der Waals surface area contributed by atoms with Gasteiger partial charge in [0.15, 0.2) is 11.6 Å². The van der Waals surface area contributed by atoms with Crippen molar-refractivity contribution in [3.05, 3.63) is 90.2 Å². The van der Waals surface area contributed by atoms with E-state index >= 15 is 0 Å². The van der Waals surface area contributed by atoms with Crippen LogP contribution in [0.4, 0.5) is 0 Å². The van der Waals surface area contributed by atoms with Gasteiger partial charge in [-0.05, 0) is 49.9 Å². The summed E-state index contributed by atoms with van der Waals surface area (Å²) < 4.78 is 3.51. The summed E-state index contributed by atoms with van der Waals surface area (Å²) in [4.78, 5) is 75.6. The predicted octanol–water partition coefficient (Wildman–Crippen LogP) is 2.96. The lowest BCUT2D eigenvalue weighted by atomic mass is 10.0. The van der Waals surface area contributed by atoms with Gasteiger partial charge in [0.1, 0.15) is 12.1 Å². The van der Waals surface area contributed by atoms with E-state index < -0.39 is 34.6 Å². The summed E-state index contributed by atoms with van der Waals surface area (Å²) in [6.07, 6.45) is 0. The molecule has 0 spiro atoms. The van der Waals surface area contributed by atoms with Crippen molar-refractivity contribution >= 4 is 33.4 Å². The third-order valence-corrected chi connectivity index (χ3v) is 6.70. The second-order valence-electron chi connectivity index (χ2n) is 10.3. The fourth-order valence-electron chi connectivity index (χ4n) is 5.00. The summed E-state index contributed by atoms with van der Waals surface area (Å²) in [5, 5.41) is 0.857. The third kappa shape index (κ3) is 5.59. The number of H-pyrrole nitrogens is 1. The molecule has 0 fully saturated rings. The van der Waals surface area contributed by atoms with E-state index in [1.807, 2.05) is 27.7 Å². The number of hydrogen-bond donors (Lipinski definition) is 1. The first kappa shape index (κ1) is 29.2. The molecular weight excluding hydrogens is 500 g/mol. The van der Waals surface area contributed by atoms with Gasteiger partial charge in [0.2, 0.25) is 0 Å². The Morgan fingerprint density at radius 2 is 1.15 bits per heavy atom. The molecule has 1 N–H and O–H groups in total. The number of fused-ring (bicyclic) bond motifs is 2. The van der Waals surface area contributed by atoms with Crippen LogP contribution in [0.25, 0.3) is 21.8 Å². The number of benzene rings is 2. The largest absolute Gasteiger partial charge is 0.331 e. The van der Waals surface area contributed by atoms with Crippen LogP contribution < -0.4 is 22.5 Å². The summed E-state index contributed by atoms with van der Waals surface area (Å²) in [5.74, 6) is -0.635. The molecule has 10 nitrogen and oxygen atoms in total. The van der Waals surface area contributed by atoms with Crippen molar-refractivity contribution in [2.45, 2.75) is 53.6 Å². The Hall–Kier alpha value is -4.34. The maximum Gasteiger partial charge on any atom is 0.331 e. The summed E-state index contributed by atoms with van der Waals surface area (Å²) in [7, 11) is 1.61. The highest BCUT2D eigenvalue weighted by Crippen LogP contribution is 2.17. The van der Waals surface area contributed by atoms with Crippen molar-refractivity contribution in [3.63, 3.8) is 0 Å². The molecule has 10 heteroatoms. The maximum absolute atomic E-state index is 12.5. The second kappa shape index (κ2) is 11.6. The van der Waals surface area contributed by atoms with Gasteiger partial charge in [0.25, 0.3) is 11.1 Å². The van der Waals surface area contributed by atoms with Crippen LogP contribution in [0.2, 0.25) is 0 Å². The number of aromatic amines is 1. The molecule has 206 valence electrons. The van der Waals surface area contributed by atoms with Crippen molar-refractivity contribution in [2.75, 3.05) is 0 Å². The average molecular weight is 535 g/mol. The lowest BCUT2D eigenvalue weighted by Gasteiger charge is -2.21. The first-order chi connectivity index (χ1) is 18.3. The summed E-state index contributed by atoms with van der Waals surface area (Å²) in [6, 6.07) is 12.2. The van der Waals surface area contributed by atoms with E-state index in [0.29, 0.717) is 21.8 Å². The Morgan fingerprint density at radius 1 is 0.692 bits per heavy atom. The number of carbonyl (C=O) groups is 2. The molecule has 2 heterocycles. The zero-order valence-corrected chi connectivity index (χ0v) is 23.2. The normalized spacial score (nSPS) is 12.8. The molecule has 0 bridgehead atoms. The first-order valence-corrected chi connectivity index (χ1v) is 12.7. The highest BCUT2D eigenvalue weighted by Gasteiger charge is 2.26. The van der Waals surface area contributed by atoms with Gasteiger partial charge >= 0.3 is 11.4 Å².